The minimum atomic E-state index is -0.527. The molecule has 0 saturated heterocycles. The predicted octanol–water partition coefficient (Wildman–Crippen LogP) is 3.05. The predicted molar refractivity (Wildman–Crippen MR) is 79.2 cm³/mol. The SMILES string of the molecule is CCc1nn(Cc2c(F)cccc2F)c(CC)c1CNC. The van der Waals surface area contributed by atoms with E-state index in [0.29, 0.717) is 6.54 Å². The van der Waals surface area contributed by atoms with Gasteiger partial charge in [-0.2, -0.15) is 5.10 Å². The van der Waals surface area contributed by atoms with E-state index in [1.165, 1.54) is 18.2 Å². The first kappa shape index (κ1) is 15.6. The minimum absolute atomic E-state index is 0.0633. The van der Waals surface area contributed by atoms with Gasteiger partial charge in [-0.15, -0.1) is 0 Å². The molecule has 2 aromatic rings. The molecule has 0 radical (unpaired) electrons. The fourth-order valence-corrected chi connectivity index (χ4v) is 2.61. The van der Waals surface area contributed by atoms with Gasteiger partial charge >= 0.3 is 0 Å². The number of nitrogens with zero attached hydrogens (tertiary/aromatic N) is 2. The third kappa shape index (κ3) is 3.13. The van der Waals surface area contributed by atoms with E-state index in [0.717, 1.165) is 29.8 Å². The topological polar surface area (TPSA) is 29.9 Å². The summed E-state index contributed by atoms with van der Waals surface area (Å²) < 4.78 is 29.4. The van der Waals surface area contributed by atoms with Crippen LogP contribution >= 0.6 is 0 Å². The van der Waals surface area contributed by atoms with Gasteiger partial charge in [0.25, 0.3) is 0 Å². The van der Waals surface area contributed by atoms with Gasteiger partial charge in [-0.25, -0.2) is 8.78 Å². The van der Waals surface area contributed by atoms with Crippen molar-refractivity contribution in [2.75, 3.05) is 7.05 Å². The summed E-state index contributed by atoms with van der Waals surface area (Å²) >= 11 is 0. The zero-order valence-electron chi connectivity index (χ0n) is 12.7. The number of hydrogen-bond acceptors (Lipinski definition) is 2. The molecule has 2 rings (SSSR count). The highest BCUT2D eigenvalue weighted by Gasteiger charge is 2.17. The smallest absolute Gasteiger partial charge is 0.131 e. The molecule has 1 N–H and O–H groups in total. The van der Waals surface area contributed by atoms with Crippen LogP contribution in [0.5, 0.6) is 0 Å². The van der Waals surface area contributed by atoms with Crippen molar-refractivity contribution in [3.63, 3.8) is 0 Å². The fraction of sp³-hybridized carbons (Fsp3) is 0.438. The molecule has 0 aliphatic rings. The molecular formula is C16H21F2N3. The maximum absolute atomic E-state index is 13.8. The molecule has 21 heavy (non-hydrogen) atoms. The number of halogens is 2. The Morgan fingerprint density at radius 2 is 1.76 bits per heavy atom. The van der Waals surface area contributed by atoms with Crippen molar-refractivity contribution in [3.8, 4) is 0 Å². The van der Waals surface area contributed by atoms with Crippen LogP contribution in [0.25, 0.3) is 0 Å². The van der Waals surface area contributed by atoms with Gasteiger partial charge < -0.3 is 5.32 Å². The average molecular weight is 293 g/mol. The largest absolute Gasteiger partial charge is 0.316 e. The maximum atomic E-state index is 13.8. The molecule has 1 heterocycles. The van der Waals surface area contributed by atoms with Gasteiger partial charge in [0.1, 0.15) is 11.6 Å². The molecule has 1 aromatic heterocycles. The number of benzene rings is 1. The molecule has 3 nitrogen and oxygen atoms in total. The summed E-state index contributed by atoms with van der Waals surface area (Å²) in [7, 11) is 1.88. The van der Waals surface area contributed by atoms with Gasteiger partial charge in [0.05, 0.1) is 12.2 Å². The second kappa shape index (κ2) is 6.80. The van der Waals surface area contributed by atoms with Crippen molar-refractivity contribution in [1.29, 1.82) is 0 Å². The molecule has 0 atom stereocenters. The van der Waals surface area contributed by atoms with E-state index in [1.54, 1.807) is 4.68 Å². The van der Waals surface area contributed by atoms with Gasteiger partial charge in [0.15, 0.2) is 0 Å². The molecule has 114 valence electrons. The highest BCUT2D eigenvalue weighted by Crippen LogP contribution is 2.20. The highest BCUT2D eigenvalue weighted by atomic mass is 19.1. The zero-order chi connectivity index (χ0) is 15.4. The van der Waals surface area contributed by atoms with Crippen molar-refractivity contribution < 1.29 is 8.78 Å². The Bertz CT molecular complexity index is 600. The van der Waals surface area contributed by atoms with Gasteiger partial charge in [0, 0.05) is 23.4 Å². The first-order valence-electron chi connectivity index (χ1n) is 7.27. The molecule has 5 heteroatoms. The summed E-state index contributed by atoms with van der Waals surface area (Å²) in [5, 5.41) is 7.67. The lowest BCUT2D eigenvalue weighted by molar-refractivity contribution is 0.525. The van der Waals surface area contributed by atoms with Gasteiger partial charge in [-0.05, 0) is 32.0 Å². The van der Waals surface area contributed by atoms with Crippen LogP contribution in [-0.2, 0) is 25.9 Å². The second-order valence-electron chi connectivity index (χ2n) is 4.97. The van der Waals surface area contributed by atoms with Crippen molar-refractivity contribution >= 4 is 0 Å². The van der Waals surface area contributed by atoms with Crippen LogP contribution in [0.4, 0.5) is 8.78 Å². The van der Waals surface area contributed by atoms with E-state index in [1.807, 2.05) is 20.9 Å². The Kier molecular flexibility index (Phi) is 5.07. The van der Waals surface area contributed by atoms with E-state index in [2.05, 4.69) is 10.4 Å². The summed E-state index contributed by atoms with van der Waals surface area (Å²) in [6.07, 6.45) is 1.58. The molecule has 0 saturated carbocycles. The zero-order valence-corrected chi connectivity index (χ0v) is 12.7. The third-order valence-corrected chi connectivity index (χ3v) is 3.64. The molecule has 0 spiro atoms. The van der Waals surface area contributed by atoms with Crippen molar-refractivity contribution in [2.45, 2.75) is 39.8 Å². The Hall–Kier alpha value is -1.75. The Labute approximate surface area is 124 Å². The normalized spacial score (nSPS) is 11.1. The van der Waals surface area contributed by atoms with Crippen molar-refractivity contribution in [3.05, 3.63) is 52.3 Å². The summed E-state index contributed by atoms with van der Waals surface area (Å²) in [4.78, 5) is 0. The lowest BCUT2D eigenvalue weighted by Gasteiger charge is -2.09. The lowest BCUT2D eigenvalue weighted by atomic mass is 10.1. The van der Waals surface area contributed by atoms with E-state index >= 15 is 0 Å². The molecule has 0 bridgehead atoms. The van der Waals surface area contributed by atoms with E-state index in [-0.39, 0.29) is 12.1 Å². The van der Waals surface area contributed by atoms with E-state index in [4.69, 9.17) is 0 Å². The number of hydrogen-bond donors (Lipinski definition) is 1. The second-order valence-corrected chi connectivity index (χ2v) is 4.97. The van der Waals surface area contributed by atoms with Crippen LogP contribution in [-0.4, -0.2) is 16.8 Å². The van der Waals surface area contributed by atoms with Crippen molar-refractivity contribution in [1.82, 2.24) is 15.1 Å². The minimum Gasteiger partial charge on any atom is -0.316 e. The molecular weight excluding hydrogens is 272 g/mol. The molecule has 1 aromatic carbocycles. The van der Waals surface area contributed by atoms with Gasteiger partial charge in [-0.1, -0.05) is 19.9 Å². The number of aromatic nitrogens is 2. The fourth-order valence-electron chi connectivity index (χ4n) is 2.61. The first-order chi connectivity index (χ1) is 10.1. The standard InChI is InChI=1S/C16H21F2N3/c1-4-15-11(9-19-3)16(5-2)21(20-15)10-12-13(17)7-6-8-14(12)18/h6-8,19H,4-5,9-10H2,1-3H3. The molecule has 0 unspecified atom stereocenters. The summed E-state index contributed by atoms with van der Waals surface area (Å²) in [6.45, 7) is 4.91. The number of rotatable bonds is 6. The Balaban J connectivity index is 2.44. The first-order valence-corrected chi connectivity index (χ1v) is 7.27. The van der Waals surface area contributed by atoms with E-state index < -0.39 is 11.6 Å². The van der Waals surface area contributed by atoms with Crippen LogP contribution in [0.15, 0.2) is 18.2 Å². The van der Waals surface area contributed by atoms with Crippen LogP contribution in [0, 0.1) is 11.6 Å². The summed E-state index contributed by atoms with van der Waals surface area (Å²) in [5.41, 5.74) is 3.22. The van der Waals surface area contributed by atoms with Crippen LogP contribution in [0.3, 0.4) is 0 Å². The number of nitrogens with one attached hydrogen (secondary N) is 1. The Morgan fingerprint density at radius 3 is 2.29 bits per heavy atom. The van der Waals surface area contributed by atoms with Gasteiger partial charge in [0.2, 0.25) is 0 Å². The molecule has 0 aliphatic carbocycles. The average Bonchev–Trinajstić information content (AvgIpc) is 2.80. The molecule has 0 fully saturated rings. The van der Waals surface area contributed by atoms with Gasteiger partial charge in [-0.3, -0.25) is 4.68 Å². The number of aryl methyl sites for hydroxylation is 1. The van der Waals surface area contributed by atoms with Crippen LogP contribution in [0.1, 0.15) is 36.4 Å². The maximum Gasteiger partial charge on any atom is 0.131 e. The van der Waals surface area contributed by atoms with Crippen molar-refractivity contribution in [2.24, 2.45) is 0 Å². The molecule has 0 amide bonds. The lowest BCUT2D eigenvalue weighted by Crippen LogP contribution is -2.12. The van der Waals surface area contributed by atoms with E-state index in [9.17, 15) is 8.78 Å². The Morgan fingerprint density at radius 1 is 1.10 bits per heavy atom. The monoisotopic (exact) mass is 293 g/mol. The molecule has 0 aliphatic heterocycles. The quantitative estimate of drug-likeness (QED) is 0.887. The third-order valence-electron chi connectivity index (χ3n) is 3.64. The summed E-state index contributed by atoms with van der Waals surface area (Å²) in [6, 6.07) is 3.94. The highest BCUT2D eigenvalue weighted by molar-refractivity contribution is 5.28. The summed E-state index contributed by atoms with van der Waals surface area (Å²) in [5.74, 6) is -1.05. The van der Waals surface area contributed by atoms with Crippen LogP contribution in [0.2, 0.25) is 0 Å². The van der Waals surface area contributed by atoms with Crippen LogP contribution < -0.4 is 5.32 Å².